The Morgan fingerprint density at radius 2 is 1.81 bits per heavy atom. The zero-order chi connectivity index (χ0) is 12.0. The van der Waals surface area contributed by atoms with Gasteiger partial charge in [0.25, 0.3) is 0 Å². The van der Waals surface area contributed by atoms with E-state index < -0.39 is 11.8 Å². The highest BCUT2D eigenvalue weighted by atomic mass is 35.5. The minimum Gasteiger partial charge on any atom is -0.346 e. The predicted octanol–water partition coefficient (Wildman–Crippen LogP) is 1.12. The van der Waals surface area contributed by atoms with E-state index in [2.05, 4.69) is 10.6 Å². The van der Waals surface area contributed by atoms with Gasteiger partial charge in [-0.15, -0.1) is 11.6 Å². The minimum absolute atomic E-state index is 0.164. The van der Waals surface area contributed by atoms with Gasteiger partial charge in [0.1, 0.15) is 11.7 Å². The number of hydrogen-bond acceptors (Lipinski definition) is 2. The summed E-state index contributed by atoms with van der Waals surface area (Å²) >= 11 is 5.23. The topological polar surface area (TPSA) is 58.2 Å². The van der Waals surface area contributed by atoms with Gasteiger partial charge < -0.3 is 10.6 Å². The summed E-state index contributed by atoms with van der Waals surface area (Å²) < 4.78 is 12.5. The second kappa shape index (κ2) is 6.07. The van der Waals surface area contributed by atoms with E-state index in [0.717, 1.165) is 0 Å². The third-order valence-electron chi connectivity index (χ3n) is 1.70. The van der Waals surface area contributed by atoms with Crippen LogP contribution < -0.4 is 10.6 Å². The molecule has 16 heavy (non-hydrogen) atoms. The highest BCUT2D eigenvalue weighted by Crippen LogP contribution is 2.07. The van der Waals surface area contributed by atoms with Crippen LogP contribution in [0, 0.1) is 5.82 Å². The van der Waals surface area contributed by atoms with Gasteiger partial charge in [0, 0.05) is 5.69 Å². The average Bonchev–Trinajstić information content (AvgIpc) is 2.29. The van der Waals surface area contributed by atoms with E-state index in [-0.39, 0.29) is 18.2 Å². The van der Waals surface area contributed by atoms with Crippen LogP contribution in [0.25, 0.3) is 0 Å². The molecule has 0 saturated heterocycles. The second-order valence-corrected chi connectivity index (χ2v) is 3.23. The van der Waals surface area contributed by atoms with Crippen LogP contribution in [0.3, 0.4) is 0 Å². The maximum atomic E-state index is 12.5. The van der Waals surface area contributed by atoms with Crippen molar-refractivity contribution in [3.63, 3.8) is 0 Å². The zero-order valence-corrected chi connectivity index (χ0v) is 9.05. The molecule has 0 spiro atoms. The van der Waals surface area contributed by atoms with Crippen LogP contribution in [0.15, 0.2) is 24.3 Å². The van der Waals surface area contributed by atoms with E-state index in [1.165, 1.54) is 24.3 Å². The lowest BCUT2D eigenvalue weighted by Crippen LogP contribution is -2.33. The van der Waals surface area contributed by atoms with E-state index in [1.54, 1.807) is 0 Å². The molecule has 0 aliphatic heterocycles. The molecule has 0 atom stereocenters. The number of anilines is 1. The third-order valence-corrected chi connectivity index (χ3v) is 1.94. The Morgan fingerprint density at radius 3 is 2.38 bits per heavy atom. The lowest BCUT2D eigenvalue weighted by molar-refractivity contribution is -0.122. The first-order valence-corrected chi connectivity index (χ1v) is 5.03. The summed E-state index contributed by atoms with van der Waals surface area (Å²) in [4.78, 5) is 22.0. The quantitative estimate of drug-likeness (QED) is 0.780. The van der Waals surface area contributed by atoms with Gasteiger partial charge in [0.05, 0.1) is 6.54 Å². The van der Waals surface area contributed by atoms with Gasteiger partial charge in [-0.25, -0.2) is 4.39 Å². The van der Waals surface area contributed by atoms with Crippen molar-refractivity contribution in [2.75, 3.05) is 17.7 Å². The Balaban J connectivity index is 2.40. The van der Waals surface area contributed by atoms with Crippen LogP contribution in [0.4, 0.5) is 10.1 Å². The molecule has 0 aliphatic rings. The van der Waals surface area contributed by atoms with Crippen molar-refractivity contribution < 1.29 is 14.0 Å². The van der Waals surface area contributed by atoms with Gasteiger partial charge in [0.2, 0.25) is 11.8 Å². The van der Waals surface area contributed by atoms with Crippen LogP contribution in [0.5, 0.6) is 0 Å². The molecule has 0 fully saturated rings. The Hall–Kier alpha value is -1.62. The number of hydrogen-bond donors (Lipinski definition) is 2. The van der Waals surface area contributed by atoms with Crippen molar-refractivity contribution in [1.29, 1.82) is 0 Å². The van der Waals surface area contributed by atoms with Gasteiger partial charge in [-0.05, 0) is 24.3 Å². The number of nitrogens with one attached hydrogen (secondary N) is 2. The normalized spacial score (nSPS) is 9.62. The van der Waals surface area contributed by atoms with Crippen molar-refractivity contribution in [2.45, 2.75) is 0 Å². The molecule has 1 aromatic rings. The fourth-order valence-electron chi connectivity index (χ4n) is 0.965. The Morgan fingerprint density at radius 1 is 1.19 bits per heavy atom. The van der Waals surface area contributed by atoms with Crippen LogP contribution in [0.2, 0.25) is 0 Å². The summed E-state index contributed by atoms with van der Waals surface area (Å²) in [6.45, 7) is -0.164. The Kier molecular flexibility index (Phi) is 4.72. The molecular formula is C10H10ClFN2O2. The van der Waals surface area contributed by atoms with Gasteiger partial charge >= 0.3 is 0 Å². The molecule has 0 heterocycles. The second-order valence-electron chi connectivity index (χ2n) is 2.97. The monoisotopic (exact) mass is 244 g/mol. The summed E-state index contributed by atoms with van der Waals surface area (Å²) in [6.07, 6.45) is 0. The number of halogens is 2. The minimum atomic E-state index is -0.420. The molecule has 6 heteroatoms. The highest BCUT2D eigenvalue weighted by molar-refractivity contribution is 6.27. The third kappa shape index (κ3) is 4.27. The van der Waals surface area contributed by atoms with Crippen molar-refractivity contribution >= 4 is 29.1 Å². The van der Waals surface area contributed by atoms with Crippen molar-refractivity contribution in [2.24, 2.45) is 0 Å². The maximum Gasteiger partial charge on any atom is 0.243 e. The summed E-state index contributed by atoms with van der Waals surface area (Å²) in [6, 6.07) is 5.31. The van der Waals surface area contributed by atoms with Gasteiger partial charge in [-0.2, -0.15) is 0 Å². The number of benzene rings is 1. The number of amides is 2. The number of carbonyl (C=O) groups excluding carboxylic acids is 2. The zero-order valence-electron chi connectivity index (χ0n) is 8.30. The summed E-state index contributed by atoms with van der Waals surface area (Å²) in [5.74, 6) is -1.39. The maximum absolute atomic E-state index is 12.5. The highest BCUT2D eigenvalue weighted by Gasteiger charge is 2.04. The predicted molar refractivity (Wildman–Crippen MR) is 58.8 cm³/mol. The molecule has 2 amide bonds. The first-order valence-electron chi connectivity index (χ1n) is 4.50. The van der Waals surface area contributed by atoms with Gasteiger partial charge in [-0.1, -0.05) is 0 Å². The van der Waals surface area contributed by atoms with Crippen LogP contribution in [-0.4, -0.2) is 24.2 Å². The molecule has 0 radical (unpaired) electrons. The first-order chi connectivity index (χ1) is 7.61. The molecule has 1 aromatic carbocycles. The molecule has 2 N–H and O–H groups in total. The van der Waals surface area contributed by atoms with Crippen molar-refractivity contribution in [3.8, 4) is 0 Å². The molecule has 1 rings (SSSR count). The first kappa shape index (κ1) is 12.4. The summed E-state index contributed by atoms with van der Waals surface area (Å²) in [5, 5.41) is 4.79. The van der Waals surface area contributed by atoms with E-state index >= 15 is 0 Å². The van der Waals surface area contributed by atoms with Gasteiger partial charge in [-0.3, -0.25) is 9.59 Å². The molecule has 0 aliphatic carbocycles. The van der Waals surface area contributed by atoms with Gasteiger partial charge in [0.15, 0.2) is 0 Å². The fraction of sp³-hybridized carbons (Fsp3) is 0.200. The molecule has 0 bridgehead atoms. The molecule has 0 unspecified atom stereocenters. The summed E-state index contributed by atoms with van der Waals surface area (Å²) in [5.41, 5.74) is 0.464. The fourth-order valence-corrected chi connectivity index (χ4v) is 1.06. The van der Waals surface area contributed by atoms with Crippen molar-refractivity contribution in [3.05, 3.63) is 30.1 Å². The molecule has 0 aromatic heterocycles. The lowest BCUT2D eigenvalue weighted by atomic mass is 10.3. The Labute approximate surface area is 96.8 Å². The molecule has 0 saturated carbocycles. The SMILES string of the molecule is O=C(CCl)NCC(=O)Nc1ccc(F)cc1. The van der Waals surface area contributed by atoms with Crippen LogP contribution in [0.1, 0.15) is 0 Å². The van der Waals surface area contributed by atoms with E-state index in [4.69, 9.17) is 11.6 Å². The number of carbonyl (C=O) groups is 2. The van der Waals surface area contributed by atoms with E-state index in [0.29, 0.717) is 5.69 Å². The van der Waals surface area contributed by atoms with Crippen LogP contribution in [-0.2, 0) is 9.59 Å². The molecule has 86 valence electrons. The summed E-state index contributed by atoms with van der Waals surface area (Å²) in [7, 11) is 0. The standard InChI is InChI=1S/C10H10ClFN2O2/c11-5-9(15)13-6-10(16)14-8-3-1-7(12)2-4-8/h1-4H,5-6H2,(H,13,15)(H,14,16). The largest absolute Gasteiger partial charge is 0.346 e. The Bertz CT molecular complexity index is 381. The lowest BCUT2D eigenvalue weighted by Gasteiger charge is -2.05. The number of rotatable bonds is 4. The van der Waals surface area contributed by atoms with E-state index in [9.17, 15) is 14.0 Å². The van der Waals surface area contributed by atoms with Crippen LogP contribution >= 0.6 is 11.6 Å². The molecular weight excluding hydrogens is 235 g/mol. The van der Waals surface area contributed by atoms with E-state index in [1.807, 2.05) is 0 Å². The van der Waals surface area contributed by atoms with Crippen molar-refractivity contribution in [1.82, 2.24) is 5.32 Å². The smallest absolute Gasteiger partial charge is 0.243 e. The average molecular weight is 245 g/mol. The number of alkyl halides is 1. The molecule has 4 nitrogen and oxygen atoms in total.